The smallest absolute Gasteiger partial charge is 0.185 e. The van der Waals surface area contributed by atoms with Crippen LogP contribution in [0.5, 0.6) is 5.75 Å². The Kier molecular flexibility index (Phi) is 3.86. The van der Waals surface area contributed by atoms with Crippen molar-refractivity contribution in [3.8, 4) is 5.75 Å². The summed E-state index contributed by atoms with van der Waals surface area (Å²) in [7, 11) is 1.60. The fourth-order valence-corrected chi connectivity index (χ4v) is 1.50. The molecule has 1 aromatic carbocycles. The van der Waals surface area contributed by atoms with E-state index in [0.29, 0.717) is 5.56 Å². The number of methoxy groups -OCH3 is 1. The van der Waals surface area contributed by atoms with E-state index in [4.69, 9.17) is 4.74 Å². The summed E-state index contributed by atoms with van der Waals surface area (Å²) in [6.07, 6.45) is 6.71. The fraction of sp³-hybridized carbons (Fsp3) is 0.0667. The lowest BCUT2D eigenvalue weighted by Crippen LogP contribution is -1.94. The molecule has 1 aromatic heterocycles. The quantitative estimate of drug-likeness (QED) is 0.608. The highest BCUT2D eigenvalue weighted by atomic mass is 16.5. The molecule has 3 heteroatoms. The van der Waals surface area contributed by atoms with Gasteiger partial charge in [0.05, 0.1) is 7.11 Å². The molecule has 18 heavy (non-hydrogen) atoms. The Morgan fingerprint density at radius 2 is 1.78 bits per heavy atom. The lowest BCUT2D eigenvalue weighted by molar-refractivity contribution is 0.104. The van der Waals surface area contributed by atoms with Gasteiger partial charge in [0.25, 0.3) is 0 Å². The Morgan fingerprint density at radius 1 is 1.11 bits per heavy atom. The van der Waals surface area contributed by atoms with Gasteiger partial charge < -0.3 is 4.74 Å². The number of carbonyl (C=O) groups is 1. The zero-order chi connectivity index (χ0) is 12.8. The van der Waals surface area contributed by atoms with Crippen molar-refractivity contribution in [1.29, 1.82) is 0 Å². The van der Waals surface area contributed by atoms with Gasteiger partial charge in [0, 0.05) is 18.0 Å². The van der Waals surface area contributed by atoms with Gasteiger partial charge in [0.1, 0.15) is 5.75 Å². The Labute approximate surface area is 106 Å². The van der Waals surface area contributed by atoms with Crippen LogP contribution in [-0.4, -0.2) is 17.9 Å². The van der Waals surface area contributed by atoms with Crippen molar-refractivity contribution in [2.45, 2.75) is 0 Å². The van der Waals surface area contributed by atoms with Crippen molar-refractivity contribution in [1.82, 2.24) is 4.98 Å². The van der Waals surface area contributed by atoms with Crippen molar-refractivity contribution in [3.63, 3.8) is 0 Å². The number of allylic oxidation sites excluding steroid dienone is 1. The second-order valence-electron chi connectivity index (χ2n) is 3.71. The third-order valence-corrected chi connectivity index (χ3v) is 2.51. The van der Waals surface area contributed by atoms with Crippen molar-refractivity contribution < 1.29 is 9.53 Å². The number of carbonyl (C=O) groups excluding carboxylic acids is 1. The number of nitrogens with zero attached hydrogens (tertiary/aromatic N) is 1. The molecule has 0 aliphatic carbocycles. The van der Waals surface area contributed by atoms with Crippen LogP contribution in [0.2, 0.25) is 0 Å². The summed E-state index contributed by atoms with van der Waals surface area (Å²) in [6, 6.07) is 10.7. The number of benzene rings is 1. The van der Waals surface area contributed by atoms with Crippen LogP contribution in [0.25, 0.3) is 6.08 Å². The van der Waals surface area contributed by atoms with Gasteiger partial charge >= 0.3 is 0 Å². The second-order valence-corrected chi connectivity index (χ2v) is 3.71. The van der Waals surface area contributed by atoms with Crippen molar-refractivity contribution in [3.05, 3.63) is 66.0 Å². The van der Waals surface area contributed by atoms with Gasteiger partial charge in [-0.2, -0.15) is 0 Å². The van der Waals surface area contributed by atoms with Crippen LogP contribution in [0.15, 0.2) is 54.9 Å². The molecule has 0 saturated carbocycles. The fourth-order valence-electron chi connectivity index (χ4n) is 1.50. The molecule has 90 valence electrons. The van der Waals surface area contributed by atoms with Gasteiger partial charge in [-0.05, 0) is 48.0 Å². The Bertz CT molecular complexity index is 544. The molecule has 0 bridgehead atoms. The zero-order valence-electron chi connectivity index (χ0n) is 10.0. The van der Waals surface area contributed by atoms with E-state index in [1.165, 1.54) is 0 Å². The molecule has 2 aromatic rings. The van der Waals surface area contributed by atoms with Crippen molar-refractivity contribution in [2.75, 3.05) is 7.11 Å². The second kappa shape index (κ2) is 5.77. The number of pyridine rings is 1. The van der Waals surface area contributed by atoms with Crippen LogP contribution in [0.4, 0.5) is 0 Å². The summed E-state index contributed by atoms with van der Waals surface area (Å²) in [5.41, 5.74) is 1.59. The standard InChI is InChI=1S/C15H13NO2/c1-18-14-5-3-13(4-6-14)15(17)7-2-12-8-10-16-11-9-12/h2-11H,1H3/b7-2+. The first-order chi connectivity index (χ1) is 8.79. The maximum Gasteiger partial charge on any atom is 0.185 e. The summed E-state index contributed by atoms with van der Waals surface area (Å²) < 4.78 is 5.04. The number of ketones is 1. The molecule has 0 spiro atoms. The van der Waals surface area contributed by atoms with Crippen LogP contribution in [0.1, 0.15) is 15.9 Å². The van der Waals surface area contributed by atoms with E-state index in [2.05, 4.69) is 4.98 Å². The number of aromatic nitrogens is 1. The molecule has 0 radical (unpaired) electrons. The van der Waals surface area contributed by atoms with E-state index in [-0.39, 0.29) is 5.78 Å². The summed E-state index contributed by atoms with van der Waals surface area (Å²) >= 11 is 0. The van der Waals surface area contributed by atoms with Gasteiger partial charge in [-0.1, -0.05) is 6.08 Å². The number of hydrogen-bond acceptors (Lipinski definition) is 3. The molecular formula is C15H13NO2. The zero-order valence-corrected chi connectivity index (χ0v) is 10.0. The summed E-state index contributed by atoms with van der Waals surface area (Å²) in [5, 5.41) is 0. The molecule has 1 heterocycles. The average Bonchev–Trinajstić information content (AvgIpc) is 2.46. The SMILES string of the molecule is COc1ccc(C(=O)/C=C/c2ccncc2)cc1. The maximum atomic E-state index is 11.9. The molecule has 0 atom stereocenters. The highest BCUT2D eigenvalue weighted by Crippen LogP contribution is 2.12. The highest BCUT2D eigenvalue weighted by Gasteiger charge is 2.01. The van der Waals surface area contributed by atoms with Crippen LogP contribution in [0.3, 0.4) is 0 Å². The van der Waals surface area contributed by atoms with Crippen molar-refractivity contribution >= 4 is 11.9 Å². The first-order valence-corrected chi connectivity index (χ1v) is 5.56. The minimum Gasteiger partial charge on any atom is -0.497 e. The topological polar surface area (TPSA) is 39.2 Å². The van der Waals surface area contributed by atoms with E-state index in [0.717, 1.165) is 11.3 Å². The van der Waals surface area contributed by atoms with Gasteiger partial charge in [-0.3, -0.25) is 9.78 Å². The normalized spacial score (nSPS) is 10.5. The predicted molar refractivity (Wildman–Crippen MR) is 70.6 cm³/mol. The molecule has 0 amide bonds. The van der Waals surface area contributed by atoms with E-state index >= 15 is 0 Å². The molecule has 0 saturated heterocycles. The van der Waals surface area contributed by atoms with Gasteiger partial charge in [-0.25, -0.2) is 0 Å². The first-order valence-electron chi connectivity index (χ1n) is 5.56. The van der Waals surface area contributed by atoms with Gasteiger partial charge in [-0.15, -0.1) is 0 Å². The number of hydrogen-bond donors (Lipinski definition) is 0. The summed E-state index contributed by atoms with van der Waals surface area (Å²) in [6.45, 7) is 0. The molecule has 0 N–H and O–H groups in total. The summed E-state index contributed by atoms with van der Waals surface area (Å²) in [5.74, 6) is 0.708. The predicted octanol–water partition coefficient (Wildman–Crippen LogP) is 2.99. The monoisotopic (exact) mass is 239 g/mol. The highest BCUT2D eigenvalue weighted by molar-refractivity contribution is 6.06. The van der Waals surface area contributed by atoms with E-state index in [1.54, 1.807) is 55.9 Å². The first kappa shape index (κ1) is 12.0. The molecule has 0 unspecified atom stereocenters. The van der Waals surface area contributed by atoms with Crippen LogP contribution in [0, 0.1) is 0 Å². The minimum absolute atomic E-state index is 0.0329. The van der Waals surface area contributed by atoms with E-state index < -0.39 is 0 Å². The van der Waals surface area contributed by atoms with Crippen LogP contribution >= 0.6 is 0 Å². The molecule has 3 nitrogen and oxygen atoms in total. The van der Waals surface area contributed by atoms with E-state index in [1.807, 2.05) is 12.1 Å². The molecule has 0 fully saturated rings. The molecule has 2 rings (SSSR count). The average molecular weight is 239 g/mol. The van der Waals surface area contributed by atoms with Crippen molar-refractivity contribution in [2.24, 2.45) is 0 Å². The van der Waals surface area contributed by atoms with Crippen LogP contribution in [-0.2, 0) is 0 Å². The Balaban J connectivity index is 2.09. The molecular weight excluding hydrogens is 226 g/mol. The van der Waals surface area contributed by atoms with Crippen LogP contribution < -0.4 is 4.74 Å². The number of ether oxygens (including phenoxy) is 1. The lowest BCUT2D eigenvalue weighted by Gasteiger charge is -2.00. The van der Waals surface area contributed by atoms with Gasteiger partial charge in [0.2, 0.25) is 0 Å². The van der Waals surface area contributed by atoms with E-state index in [9.17, 15) is 4.79 Å². The lowest BCUT2D eigenvalue weighted by atomic mass is 10.1. The van der Waals surface area contributed by atoms with Gasteiger partial charge in [0.15, 0.2) is 5.78 Å². The molecule has 0 aliphatic heterocycles. The third kappa shape index (κ3) is 3.04. The minimum atomic E-state index is -0.0329. The number of rotatable bonds is 4. The largest absolute Gasteiger partial charge is 0.497 e. The Hall–Kier alpha value is -2.42. The maximum absolute atomic E-state index is 11.9. The molecule has 0 aliphatic rings. The summed E-state index contributed by atoms with van der Waals surface area (Å²) in [4.78, 5) is 15.8. The Morgan fingerprint density at radius 3 is 2.39 bits per heavy atom. The third-order valence-electron chi connectivity index (χ3n) is 2.51.